The standard InChI is InChI=1S/C22H22F2N4O/c23-22(24)8-12-28(13-9-22)20(16-4-2-10-25-14-16)15-27-21(29)18-5-1-7-19-17(18)6-3-11-26-19/h1-7,10-11,14,20H,8-9,12-13,15H2,(H,27,29). The molecule has 0 aliphatic carbocycles. The number of halogens is 2. The van der Waals surface area contributed by atoms with Crippen LogP contribution in [0.2, 0.25) is 0 Å². The van der Waals surface area contributed by atoms with Gasteiger partial charge >= 0.3 is 0 Å². The van der Waals surface area contributed by atoms with E-state index in [1.807, 2.05) is 29.2 Å². The van der Waals surface area contributed by atoms with Crippen LogP contribution in [0.25, 0.3) is 10.9 Å². The maximum absolute atomic E-state index is 13.6. The van der Waals surface area contributed by atoms with Crippen LogP contribution in [0.1, 0.15) is 34.8 Å². The number of hydrogen-bond donors (Lipinski definition) is 1. The van der Waals surface area contributed by atoms with Gasteiger partial charge in [0.2, 0.25) is 0 Å². The molecule has 1 atom stereocenters. The van der Waals surface area contributed by atoms with Crippen molar-refractivity contribution < 1.29 is 13.6 Å². The molecule has 1 amide bonds. The molecule has 1 aliphatic rings. The average Bonchev–Trinajstić information content (AvgIpc) is 2.75. The summed E-state index contributed by atoms with van der Waals surface area (Å²) in [5.41, 5.74) is 2.20. The van der Waals surface area contributed by atoms with E-state index in [2.05, 4.69) is 15.3 Å². The minimum Gasteiger partial charge on any atom is -0.350 e. The number of nitrogens with zero attached hydrogens (tertiary/aromatic N) is 3. The summed E-state index contributed by atoms with van der Waals surface area (Å²) in [6, 6.07) is 12.6. The number of fused-ring (bicyclic) bond motifs is 1. The SMILES string of the molecule is O=C(NCC(c1cccnc1)N1CCC(F)(F)CC1)c1cccc2ncccc12. The van der Waals surface area contributed by atoms with Gasteiger partial charge in [-0.05, 0) is 29.8 Å². The van der Waals surface area contributed by atoms with Crippen LogP contribution >= 0.6 is 0 Å². The Hall–Kier alpha value is -2.93. The Morgan fingerprint density at radius 1 is 1.10 bits per heavy atom. The van der Waals surface area contributed by atoms with Gasteiger partial charge in [-0.2, -0.15) is 0 Å². The van der Waals surface area contributed by atoms with E-state index in [1.165, 1.54) is 0 Å². The number of alkyl halides is 2. The summed E-state index contributed by atoms with van der Waals surface area (Å²) in [5.74, 6) is -2.82. The van der Waals surface area contributed by atoms with E-state index in [0.29, 0.717) is 12.1 Å². The van der Waals surface area contributed by atoms with Gasteiger partial charge in [0.1, 0.15) is 0 Å². The Balaban J connectivity index is 1.53. The largest absolute Gasteiger partial charge is 0.350 e. The van der Waals surface area contributed by atoms with Crippen molar-refractivity contribution in [3.8, 4) is 0 Å². The lowest BCUT2D eigenvalue weighted by Gasteiger charge is -2.37. The van der Waals surface area contributed by atoms with Crippen LogP contribution < -0.4 is 5.32 Å². The van der Waals surface area contributed by atoms with Crippen molar-refractivity contribution in [1.29, 1.82) is 0 Å². The van der Waals surface area contributed by atoms with Crippen molar-refractivity contribution in [3.63, 3.8) is 0 Å². The molecule has 1 fully saturated rings. The van der Waals surface area contributed by atoms with Crippen molar-refractivity contribution in [3.05, 3.63) is 72.2 Å². The zero-order chi connectivity index (χ0) is 20.3. The van der Waals surface area contributed by atoms with Gasteiger partial charge in [-0.3, -0.25) is 19.7 Å². The van der Waals surface area contributed by atoms with Crippen molar-refractivity contribution >= 4 is 16.8 Å². The summed E-state index contributed by atoms with van der Waals surface area (Å²) in [6.07, 6.45) is 4.74. The molecule has 1 saturated heterocycles. The van der Waals surface area contributed by atoms with Gasteiger partial charge in [-0.25, -0.2) is 8.78 Å². The Morgan fingerprint density at radius 3 is 2.66 bits per heavy atom. The Kier molecular flexibility index (Phi) is 5.49. The number of carbonyl (C=O) groups is 1. The van der Waals surface area contributed by atoms with Gasteiger partial charge in [-0.15, -0.1) is 0 Å². The summed E-state index contributed by atoms with van der Waals surface area (Å²) in [7, 11) is 0. The summed E-state index contributed by atoms with van der Waals surface area (Å²) in [4.78, 5) is 23.3. The molecule has 1 aliphatic heterocycles. The Morgan fingerprint density at radius 2 is 1.90 bits per heavy atom. The number of piperidine rings is 1. The second kappa shape index (κ2) is 8.21. The fourth-order valence-corrected chi connectivity index (χ4v) is 3.78. The van der Waals surface area contributed by atoms with E-state index in [1.54, 1.807) is 36.8 Å². The normalized spacial score (nSPS) is 17.7. The quantitative estimate of drug-likeness (QED) is 0.712. The highest BCUT2D eigenvalue weighted by Gasteiger charge is 2.36. The molecule has 0 radical (unpaired) electrons. The Bertz CT molecular complexity index is 981. The molecule has 0 bridgehead atoms. The first-order chi connectivity index (χ1) is 14.0. The molecule has 0 spiro atoms. The fraction of sp³-hybridized carbons (Fsp3) is 0.318. The van der Waals surface area contributed by atoms with Crippen molar-refractivity contribution in [1.82, 2.24) is 20.2 Å². The van der Waals surface area contributed by atoms with Crippen LogP contribution in [0.3, 0.4) is 0 Å². The van der Waals surface area contributed by atoms with Crippen LogP contribution in [-0.4, -0.2) is 46.3 Å². The van der Waals surface area contributed by atoms with Crippen LogP contribution in [0.5, 0.6) is 0 Å². The number of hydrogen-bond acceptors (Lipinski definition) is 4. The molecule has 1 aromatic carbocycles. The molecule has 0 saturated carbocycles. The average molecular weight is 396 g/mol. The van der Waals surface area contributed by atoms with Crippen molar-refractivity contribution in [2.75, 3.05) is 19.6 Å². The van der Waals surface area contributed by atoms with E-state index in [4.69, 9.17) is 0 Å². The fourth-order valence-electron chi connectivity index (χ4n) is 3.78. The summed E-state index contributed by atoms with van der Waals surface area (Å²) in [5, 5.41) is 3.76. The monoisotopic (exact) mass is 396 g/mol. The van der Waals surface area contributed by atoms with Crippen LogP contribution in [-0.2, 0) is 0 Å². The van der Waals surface area contributed by atoms with Gasteiger partial charge in [0.15, 0.2) is 0 Å². The molecule has 1 N–H and O–H groups in total. The molecule has 3 heterocycles. The summed E-state index contributed by atoms with van der Waals surface area (Å²) >= 11 is 0. The molecular formula is C22H22F2N4O. The minimum absolute atomic E-state index is 0.174. The number of benzene rings is 1. The Labute approximate surface area is 167 Å². The predicted octanol–water partition coefficient (Wildman–Crippen LogP) is 3.83. The highest BCUT2D eigenvalue weighted by atomic mass is 19.3. The first-order valence-corrected chi connectivity index (χ1v) is 9.67. The number of amides is 1. The number of nitrogens with one attached hydrogen (secondary N) is 1. The third kappa shape index (κ3) is 4.40. The molecule has 7 heteroatoms. The first kappa shape index (κ1) is 19.4. The molecule has 5 nitrogen and oxygen atoms in total. The number of carbonyl (C=O) groups excluding carboxylic acids is 1. The second-order valence-corrected chi connectivity index (χ2v) is 7.28. The number of aromatic nitrogens is 2. The zero-order valence-electron chi connectivity index (χ0n) is 15.9. The molecular weight excluding hydrogens is 374 g/mol. The predicted molar refractivity (Wildman–Crippen MR) is 107 cm³/mol. The van der Waals surface area contributed by atoms with E-state index >= 15 is 0 Å². The van der Waals surface area contributed by atoms with E-state index in [9.17, 15) is 13.6 Å². The first-order valence-electron chi connectivity index (χ1n) is 9.67. The van der Waals surface area contributed by atoms with Gasteiger partial charge in [0.25, 0.3) is 11.8 Å². The van der Waals surface area contributed by atoms with Crippen molar-refractivity contribution in [2.24, 2.45) is 0 Å². The third-order valence-electron chi connectivity index (χ3n) is 5.39. The van der Waals surface area contributed by atoms with Crippen molar-refractivity contribution in [2.45, 2.75) is 24.8 Å². The lowest BCUT2D eigenvalue weighted by atomic mass is 10.0. The van der Waals surface area contributed by atoms with Crippen LogP contribution in [0, 0.1) is 0 Å². The zero-order valence-corrected chi connectivity index (χ0v) is 15.9. The lowest BCUT2D eigenvalue weighted by molar-refractivity contribution is -0.0632. The van der Waals surface area contributed by atoms with E-state index in [0.717, 1.165) is 16.5 Å². The molecule has 2 aromatic heterocycles. The number of pyridine rings is 2. The van der Waals surface area contributed by atoms with E-state index in [-0.39, 0.29) is 37.9 Å². The second-order valence-electron chi connectivity index (χ2n) is 7.28. The van der Waals surface area contributed by atoms with Crippen LogP contribution in [0.15, 0.2) is 61.1 Å². The summed E-state index contributed by atoms with van der Waals surface area (Å²) in [6.45, 7) is 0.869. The third-order valence-corrected chi connectivity index (χ3v) is 5.39. The topological polar surface area (TPSA) is 58.1 Å². The summed E-state index contributed by atoms with van der Waals surface area (Å²) < 4.78 is 27.2. The maximum atomic E-state index is 13.6. The molecule has 3 aromatic rings. The number of rotatable bonds is 5. The minimum atomic E-state index is -2.62. The number of likely N-dealkylation sites (tertiary alicyclic amines) is 1. The molecule has 1 unspecified atom stereocenters. The molecule has 29 heavy (non-hydrogen) atoms. The molecule has 4 rings (SSSR count). The smallest absolute Gasteiger partial charge is 0.252 e. The molecule has 150 valence electrons. The van der Waals surface area contributed by atoms with Gasteiger partial charge < -0.3 is 5.32 Å². The maximum Gasteiger partial charge on any atom is 0.252 e. The lowest BCUT2D eigenvalue weighted by Crippen LogP contribution is -2.45. The van der Waals surface area contributed by atoms with Gasteiger partial charge in [0.05, 0.1) is 11.6 Å². The van der Waals surface area contributed by atoms with Gasteiger partial charge in [-0.1, -0.05) is 18.2 Å². The van der Waals surface area contributed by atoms with Crippen LogP contribution in [0.4, 0.5) is 8.78 Å². The highest BCUT2D eigenvalue weighted by Crippen LogP contribution is 2.32. The highest BCUT2D eigenvalue weighted by molar-refractivity contribution is 6.06. The van der Waals surface area contributed by atoms with Gasteiger partial charge in [0, 0.05) is 62.0 Å². The van der Waals surface area contributed by atoms with E-state index < -0.39 is 5.92 Å².